The zero-order valence-electron chi connectivity index (χ0n) is 8.45. The molecule has 3 fully saturated rings. The van der Waals surface area contributed by atoms with E-state index in [0.29, 0.717) is 17.8 Å². The van der Waals surface area contributed by atoms with Gasteiger partial charge in [-0.3, -0.25) is 9.63 Å². The topological polar surface area (TPSA) is 29.5 Å². The third-order valence-corrected chi connectivity index (χ3v) is 3.94. The van der Waals surface area contributed by atoms with Crippen LogP contribution in [0.2, 0.25) is 0 Å². The van der Waals surface area contributed by atoms with Crippen molar-refractivity contribution in [3.63, 3.8) is 0 Å². The van der Waals surface area contributed by atoms with E-state index in [-0.39, 0.29) is 5.91 Å². The summed E-state index contributed by atoms with van der Waals surface area (Å²) in [6.45, 7) is 1.54. The molecule has 14 heavy (non-hydrogen) atoms. The lowest BCUT2D eigenvalue weighted by Gasteiger charge is -2.26. The van der Waals surface area contributed by atoms with Crippen LogP contribution in [0.1, 0.15) is 32.1 Å². The molecule has 78 valence electrons. The highest BCUT2D eigenvalue weighted by atomic mass is 16.7. The van der Waals surface area contributed by atoms with Crippen molar-refractivity contribution >= 4 is 5.91 Å². The van der Waals surface area contributed by atoms with Gasteiger partial charge in [-0.25, -0.2) is 5.06 Å². The Labute approximate surface area is 84.4 Å². The van der Waals surface area contributed by atoms with Crippen LogP contribution in [0.5, 0.6) is 0 Å². The summed E-state index contributed by atoms with van der Waals surface area (Å²) in [4.78, 5) is 17.4. The van der Waals surface area contributed by atoms with E-state index >= 15 is 0 Å². The zero-order valence-corrected chi connectivity index (χ0v) is 8.45. The summed E-state index contributed by atoms with van der Waals surface area (Å²) in [5.74, 6) is 2.04. The van der Waals surface area contributed by atoms with Crippen molar-refractivity contribution in [1.29, 1.82) is 0 Å². The van der Waals surface area contributed by atoms with Gasteiger partial charge in [-0.15, -0.1) is 0 Å². The number of fused-ring (bicyclic) bond motifs is 1. The van der Waals surface area contributed by atoms with Crippen molar-refractivity contribution in [3.8, 4) is 0 Å². The Hall–Kier alpha value is -0.570. The molecule has 2 saturated carbocycles. The van der Waals surface area contributed by atoms with Crippen LogP contribution in [0.15, 0.2) is 0 Å². The van der Waals surface area contributed by atoms with Gasteiger partial charge in [0.2, 0.25) is 5.91 Å². The minimum Gasteiger partial charge on any atom is -0.272 e. The van der Waals surface area contributed by atoms with Crippen LogP contribution in [0, 0.1) is 17.8 Å². The third-order valence-electron chi connectivity index (χ3n) is 3.94. The van der Waals surface area contributed by atoms with Gasteiger partial charge in [0.1, 0.15) is 0 Å². The Morgan fingerprint density at radius 2 is 1.93 bits per heavy atom. The number of hydrogen-bond donors (Lipinski definition) is 0. The van der Waals surface area contributed by atoms with E-state index < -0.39 is 0 Å². The van der Waals surface area contributed by atoms with Gasteiger partial charge in [-0.2, -0.15) is 0 Å². The van der Waals surface area contributed by atoms with Crippen molar-refractivity contribution in [3.05, 3.63) is 0 Å². The van der Waals surface area contributed by atoms with Gasteiger partial charge in [-0.05, 0) is 37.5 Å². The number of amides is 1. The maximum absolute atomic E-state index is 12.0. The maximum Gasteiger partial charge on any atom is 0.249 e. The smallest absolute Gasteiger partial charge is 0.249 e. The van der Waals surface area contributed by atoms with E-state index in [1.807, 2.05) is 0 Å². The Balaban J connectivity index is 1.60. The highest BCUT2D eigenvalue weighted by Gasteiger charge is 2.57. The molecule has 0 aromatic rings. The molecule has 0 spiro atoms. The fourth-order valence-corrected chi connectivity index (χ4v) is 3.12. The van der Waals surface area contributed by atoms with Gasteiger partial charge in [0.05, 0.1) is 6.61 Å². The molecule has 2 unspecified atom stereocenters. The third kappa shape index (κ3) is 1.26. The molecule has 0 bridgehead atoms. The second-order valence-corrected chi connectivity index (χ2v) is 4.77. The lowest BCUT2D eigenvalue weighted by molar-refractivity contribution is -0.199. The quantitative estimate of drug-likeness (QED) is 0.636. The second-order valence-electron chi connectivity index (χ2n) is 4.77. The van der Waals surface area contributed by atoms with E-state index in [1.165, 1.54) is 19.3 Å². The van der Waals surface area contributed by atoms with Crippen molar-refractivity contribution in [1.82, 2.24) is 5.06 Å². The summed E-state index contributed by atoms with van der Waals surface area (Å²) in [6.07, 6.45) is 6.08. The average molecular weight is 195 g/mol. The van der Waals surface area contributed by atoms with Crippen LogP contribution in [0.25, 0.3) is 0 Å². The molecular formula is C11H17NO2. The van der Waals surface area contributed by atoms with Gasteiger partial charge < -0.3 is 0 Å². The van der Waals surface area contributed by atoms with E-state index in [0.717, 1.165) is 26.0 Å². The molecule has 3 nitrogen and oxygen atoms in total. The first-order chi connectivity index (χ1) is 6.88. The van der Waals surface area contributed by atoms with Gasteiger partial charge in [0, 0.05) is 12.5 Å². The van der Waals surface area contributed by atoms with E-state index in [4.69, 9.17) is 4.84 Å². The van der Waals surface area contributed by atoms with Crippen molar-refractivity contribution in [2.75, 3.05) is 13.2 Å². The SMILES string of the molecule is O=C(C1C2CCCC21)N1CCCCO1. The number of nitrogens with zero attached hydrogens (tertiary/aromatic N) is 1. The molecule has 3 aliphatic rings. The molecule has 2 atom stereocenters. The van der Waals surface area contributed by atoms with E-state index in [1.54, 1.807) is 5.06 Å². The molecule has 1 aliphatic heterocycles. The predicted molar refractivity (Wildman–Crippen MR) is 51.2 cm³/mol. The maximum atomic E-state index is 12.0. The second kappa shape index (κ2) is 3.23. The lowest BCUT2D eigenvalue weighted by Crippen LogP contribution is -2.37. The molecule has 1 saturated heterocycles. The first kappa shape index (κ1) is 8.72. The first-order valence-electron chi connectivity index (χ1n) is 5.82. The largest absolute Gasteiger partial charge is 0.272 e. The monoisotopic (exact) mass is 195 g/mol. The molecule has 0 aromatic heterocycles. The fourth-order valence-electron chi connectivity index (χ4n) is 3.12. The Morgan fingerprint density at radius 3 is 2.57 bits per heavy atom. The summed E-state index contributed by atoms with van der Waals surface area (Å²) in [5.41, 5.74) is 0. The minimum absolute atomic E-state index is 0.277. The minimum atomic E-state index is 0.277. The Kier molecular flexibility index (Phi) is 2.01. The summed E-state index contributed by atoms with van der Waals surface area (Å²) in [7, 11) is 0. The predicted octanol–water partition coefficient (Wildman–Crippen LogP) is 1.59. The van der Waals surface area contributed by atoms with E-state index in [9.17, 15) is 4.79 Å². The highest BCUT2D eigenvalue weighted by Crippen LogP contribution is 2.58. The van der Waals surface area contributed by atoms with Gasteiger partial charge >= 0.3 is 0 Å². The molecule has 2 aliphatic carbocycles. The highest BCUT2D eigenvalue weighted by molar-refractivity contribution is 5.81. The Bertz CT molecular complexity index is 234. The van der Waals surface area contributed by atoms with Gasteiger partial charge in [-0.1, -0.05) is 6.42 Å². The molecule has 0 aromatic carbocycles. The van der Waals surface area contributed by atoms with Crippen molar-refractivity contribution < 1.29 is 9.63 Å². The van der Waals surface area contributed by atoms with Crippen LogP contribution >= 0.6 is 0 Å². The molecule has 0 N–H and O–H groups in total. The normalized spacial score (nSPS) is 40.9. The van der Waals surface area contributed by atoms with Crippen LogP contribution < -0.4 is 0 Å². The first-order valence-corrected chi connectivity index (χ1v) is 5.82. The van der Waals surface area contributed by atoms with E-state index in [2.05, 4.69) is 0 Å². The summed E-state index contributed by atoms with van der Waals surface area (Å²) < 4.78 is 0. The number of rotatable bonds is 1. The fraction of sp³-hybridized carbons (Fsp3) is 0.909. The molecule has 3 rings (SSSR count). The average Bonchev–Trinajstić information content (AvgIpc) is 2.72. The van der Waals surface area contributed by atoms with Crippen molar-refractivity contribution in [2.45, 2.75) is 32.1 Å². The van der Waals surface area contributed by atoms with Crippen LogP contribution in [-0.2, 0) is 9.63 Å². The van der Waals surface area contributed by atoms with Crippen molar-refractivity contribution in [2.24, 2.45) is 17.8 Å². The molecular weight excluding hydrogens is 178 g/mol. The molecule has 1 amide bonds. The van der Waals surface area contributed by atoms with Crippen LogP contribution in [0.3, 0.4) is 0 Å². The summed E-state index contributed by atoms with van der Waals surface area (Å²) in [5, 5.41) is 1.63. The zero-order chi connectivity index (χ0) is 9.54. The number of carbonyl (C=O) groups excluding carboxylic acids is 1. The molecule has 0 radical (unpaired) electrons. The molecule has 3 heteroatoms. The molecule has 1 heterocycles. The number of carbonyl (C=O) groups is 1. The standard InChI is InChI=1S/C11H17NO2/c13-11(12-6-1-2-7-14-12)10-8-4-3-5-9(8)10/h8-10H,1-7H2. The lowest BCUT2D eigenvalue weighted by atomic mass is 10.1. The number of hydrogen-bond acceptors (Lipinski definition) is 2. The van der Waals surface area contributed by atoms with Crippen LogP contribution in [0.4, 0.5) is 0 Å². The number of hydroxylamine groups is 2. The summed E-state index contributed by atoms with van der Waals surface area (Å²) >= 11 is 0. The Morgan fingerprint density at radius 1 is 1.14 bits per heavy atom. The summed E-state index contributed by atoms with van der Waals surface area (Å²) in [6, 6.07) is 0. The van der Waals surface area contributed by atoms with Gasteiger partial charge in [0.15, 0.2) is 0 Å². The van der Waals surface area contributed by atoms with Crippen LogP contribution in [-0.4, -0.2) is 24.1 Å². The van der Waals surface area contributed by atoms with Gasteiger partial charge in [0.25, 0.3) is 0 Å².